The summed E-state index contributed by atoms with van der Waals surface area (Å²) in [6, 6.07) is 14.7. The predicted molar refractivity (Wildman–Crippen MR) is 134 cm³/mol. The van der Waals surface area contributed by atoms with Gasteiger partial charge in [-0.1, -0.05) is 12.1 Å². The number of hydrogen-bond acceptors (Lipinski definition) is 7. The molecule has 0 spiro atoms. The lowest BCUT2D eigenvalue weighted by atomic mass is 10.1. The van der Waals surface area contributed by atoms with E-state index in [2.05, 4.69) is 26.8 Å². The van der Waals surface area contributed by atoms with E-state index < -0.39 is 0 Å². The number of ether oxygens (including phenoxy) is 2. The second-order valence-electron chi connectivity index (χ2n) is 9.06. The van der Waals surface area contributed by atoms with Gasteiger partial charge in [0, 0.05) is 43.5 Å². The molecule has 0 N–H and O–H groups in total. The zero-order chi connectivity index (χ0) is 24.0. The van der Waals surface area contributed by atoms with Crippen molar-refractivity contribution in [1.82, 2.24) is 15.0 Å². The van der Waals surface area contributed by atoms with Gasteiger partial charge in [0.2, 0.25) is 0 Å². The largest absolute Gasteiger partial charge is 0.486 e. The number of hydrogen-bond donors (Lipinski definition) is 0. The minimum absolute atomic E-state index is 0.183. The lowest BCUT2D eigenvalue weighted by Crippen LogP contribution is -2.47. The number of nitrogens with zero attached hydrogens (tertiary/aromatic N) is 4. The van der Waals surface area contributed by atoms with Crippen LogP contribution in [0.15, 0.2) is 53.1 Å². The second-order valence-corrected chi connectivity index (χ2v) is 9.06. The van der Waals surface area contributed by atoms with Gasteiger partial charge in [-0.3, -0.25) is 9.80 Å². The van der Waals surface area contributed by atoms with Crippen molar-refractivity contribution in [1.29, 1.82) is 0 Å². The first-order valence-electron chi connectivity index (χ1n) is 12.5. The van der Waals surface area contributed by atoms with Gasteiger partial charge in [0.25, 0.3) is 0 Å². The number of fused-ring (bicyclic) bond motifs is 1. The zero-order valence-electron chi connectivity index (χ0n) is 20.3. The molecule has 186 valence electrons. The van der Waals surface area contributed by atoms with Crippen molar-refractivity contribution >= 4 is 5.69 Å². The van der Waals surface area contributed by atoms with Crippen LogP contribution in [-0.4, -0.2) is 74.0 Å². The number of rotatable bonds is 9. The molecular weight excluding hydrogens is 447 g/mol. The molecule has 35 heavy (non-hydrogen) atoms. The third kappa shape index (κ3) is 5.94. The van der Waals surface area contributed by atoms with Crippen LogP contribution in [0.25, 0.3) is 11.3 Å². The molecule has 3 aromatic rings. The third-order valence-corrected chi connectivity index (χ3v) is 6.74. The van der Waals surface area contributed by atoms with Crippen molar-refractivity contribution in [2.75, 3.05) is 63.9 Å². The zero-order valence-corrected chi connectivity index (χ0v) is 20.3. The average molecular weight is 481 g/mol. The average Bonchev–Trinajstić information content (AvgIpc) is 3.37. The van der Waals surface area contributed by atoms with Crippen LogP contribution in [0.2, 0.25) is 0 Å². The Bertz CT molecular complexity index is 1100. The highest BCUT2D eigenvalue weighted by Crippen LogP contribution is 2.34. The summed E-state index contributed by atoms with van der Waals surface area (Å²) >= 11 is 0. The van der Waals surface area contributed by atoms with Crippen LogP contribution in [0.1, 0.15) is 19.1 Å². The van der Waals surface area contributed by atoms with Crippen LogP contribution in [-0.2, 0) is 6.54 Å². The third-order valence-electron chi connectivity index (χ3n) is 6.74. The van der Waals surface area contributed by atoms with E-state index in [1.165, 1.54) is 12.1 Å². The van der Waals surface area contributed by atoms with Gasteiger partial charge < -0.3 is 18.9 Å². The van der Waals surface area contributed by atoms with Gasteiger partial charge in [-0.25, -0.2) is 4.39 Å². The second kappa shape index (κ2) is 11.1. The first-order chi connectivity index (χ1) is 17.2. The first-order valence-corrected chi connectivity index (χ1v) is 12.5. The van der Waals surface area contributed by atoms with Crippen LogP contribution in [0.5, 0.6) is 11.5 Å². The van der Waals surface area contributed by atoms with Gasteiger partial charge in [-0.05, 0) is 68.5 Å². The Kier molecular flexibility index (Phi) is 7.49. The molecule has 8 heteroatoms. The fourth-order valence-electron chi connectivity index (χ4n) is 4.70. The minimum Gasteiger partial charge on any atom is -0.486 e. The molecule has 0 atom stereocenters. The maximum atomic E-state index is 13.2. The van der Waals surface area contributed by atoms with Crippen molar-refractivity contribution in [3.8, 4) is 22.8 Å². The lowest BCUT2D eigenvalue weighted by molar-refractivity contribution is 0.171. The number of piperazine rings is 1. The number of anilines is 1. The molecule has 0 unspecified atom stereocenters. The summed E-state index contributed by atoms with van der Waals surface area (Å²) in [6.45, 7) is 11.1. The summed E-state index contributed by atoms with van der Waals surface area (Å²) in [7, 11) is 0. The molecule has 1 aromatic heterocycles. The Morgan fingerprint density at radius 2 is 1.71 bits per heavy atom. The highest BCUT2D eigenvalue weighted by molar-refractivity contribution is 5.64. The fourth-order valence-corrected chi connectivity index (χ4v) is 4.70. The fraction of sp³-hybridized carbons (Fsp3) is 0.444. The van der Waals surface area contributed by atoms with Gasteiger partial charge in [-0.15, -0.1) is 0 Å². The van der Waals surface area contributed by atoms with E-state index >= 15 is 0 Å². The van der Waals surface area contributed by atoms with Crippen molar-refractivity contribution in [3.05, 3.63) is 60.1 Å². The number of aromatic nitrogens is 1. The Morgan fingerprint density at radius 1 is 0.943 bits per heavy atom. The highest BCUT2D eigenvalue weighted by atomic mass is 19.1. The molecule has 1 fully saturated rings. The van der Waals surface area contributed by atoms with Crippen LogP contribution in [0.4, 0.5) is 10.1 Å². The van der Waals surface area contributed by atoms with Crippen LogP contribution in [0, 0.1) is 5.82 Å². The van der Waals surface area contributed by atoms with E-state index in [0.29, 0.717) is 13.2 Å². The summed E-state index contributed by atoms with van der Waals surface area (Å²) in [5.74, 6) is 2.21. The molecule has 5 rings (SSSR count). The van der Waals surface area contributed by atoms with Gasteiger partial charge in [0.1, 0.15) is 24.7 Å². The van der Waals surface area contributed by atoms with E-state index in [1.807, 2.05) is 36.4 Å². The van der Waals surface area contributed by atoms with Crippen molar-refractivity contribution in [2.45, 2.75) is 19.9 Å². The predicted octanol–water partition coefficient (Wildman–Crippen LogP) is 4.29. The smallest absolute Gasteiger partial charge is 0.162 e. The Labute approximate surface area is 206 Å². The topological polar surface area (TPSA) is 54.2 Å². The quantitative estimate of drug-likeness (QED) is 0.453. The van der Waals surface area contributed by atoms with Crippen molar-refractivity contribution in [3.63, 3.8) is 0 Å². The Balaban J connectivity index is 1.07. The molecule has 0 aliphatic carbocycles. The minimum atomic E-state index is -0.183. The SMILES string of the molecule is CCN(CCCN1CCN(c2ccc(F)cc2)CC1)Cc1cc(-c2ccc3c(c2)OCCO3)no1. The summed E-state index contributed by atoms with van der Waals surface area (Å²) in [4.78, 5) is 7.24. The van der Waals surface area contributed by atoms with Crippen LogP contribution >= 0.6 is 0 Å². The molecule has 0 radical (unpaired) electrons. The number of benzene rings is 2. The molecule has 0 bridgehead atoms. The highest BCUT2D eigenvalue weighted by Gasteiger charge is 2.18. The van der Waals surface area contributed by atoms with Gasteiger partial charge in [0.05, 0.1) is 6.54 Å². The molecular formula is C27H33FN4O3. The normalized spacial score (nSPS) is 16.1. The van der Waals surface area contributed by atoms with E-state index in [9.17, 15) is 4.39 Å². The monoisotopic (exact) mass is 480 g/mol. The van der Waals surface area contributed by atoms with Crippen molar-refractivity contribution in [2.24, 2.45) is 0 Å². The van der Waals surface area contributed by atoms with Gasteiger partial charge in [-0.2, -0.15) is 0 Å². The Hall–Kier alpha value is -3.10. The van der Waals surface area contributed by atoms with E-state index in [1.54, 1.807) is 0 Å². The molecule has 0 saturated carbocycles. The lowest BCUT2D eigenvalue weighted by Gasteiger charge is -2.36. The molecule has 1 saturated heterocycles. The maximum Gasteiger partial charge on any atom is 0.162 e. The van der Waals surface area contributed by atoms with E-state index in [0.717, 1.165) is 93.0 Å². The van der Waals surface area contributed by atoms with Gasteiger partial charge in [0.15, 0.2) is 17.3 Å². The molecule has 0 amide bonds. The van der Waals surface area contributed by atoms with Crippen LogP contribution < -0.4 is 14.4 Å². The summed E-state index contributed by atoms with van der Waals surface area (Å²) in [6.07, 6.45) is 1.10. The van der Waals surface area contributed by atoms with Gasteiger partial charge >= 0.3 is 0 Å². The number of halogens is 1. The molecule has 2 aromatic carbocycles. The molecule has 2 aliphatic heterocycles. The molecule has 7 nitrogen and oxygen atoms in total. The summed E-state index contributed by atoms with van der Waals surface area (Å²) in [5.41, 5.74) is 2.88. The summed E-state index contributed by atoms with van der Waals surface area (Å²) < 4.78 is 30.1. The molecule has 3 heterocycles. The molecule has 2 aliphatic rings. The Morgan fingerprint density at radius 3 is 2.49 bits per heavy atom. The first kappa shape index (κ1) is 23.6. The van der Waals surface area contributed by atoms with E-state index in [-0.39, 0.29) is 5.82 Å². The summed E-state index contributed by atoms with van der Waals surface area (Å²) in [5, 5.41) is 4.28. The standard InChI is InChI=1S/C27H33FN4O3/c1-2-30(10-3-11-31-12-14-32(15-13-31)23-7-5-22(28)6-8-23)20-24-19-25(29-35-24)21-4-9-26-27(18-21)34-17-16-33-26/h4-9,18-19H,2-3,10-17,20H2,1H3. The van der Waals surface area contributed by atoms with E-state index in [4.69, 9.17) is 14.0 Å². The maximum absolute atomic E-state index is 13.2. The van der Waals surface area contributed by atoms with Crippen LogP contribution in [0.3, 0.4) is 0 Å². The van der Waals surface area contributed by atoms with Crippen molar-refractivity contribution < 1.29 is 18.4 Å².